The summed E-state index contributed by atoms with van der Waals surface area (Å²) in [5.41, 5.74) is 1.45. The molecule has 0 unspecified atom stereocenters. The minimum atomic E-state index is -2.92. The molecule has 3 rings (SSSR count). The van der Waals surface area contributed by atoms with Crippen LogP contribution in [0.4, 0.5) is 8.78 Å². The third-order valence-corrected chi connectivity index (χ3v) is 5.04. The summed E-state index contributed by atoms with van der Waals surface area (Å²) in [4.78, 5) is 26.6. The molecule has 1 aliphatic rings. The number of benzene rings is 2. The van der Waals surface area contributed by atoms with Crippen LogP contribution in [0, 0.1) is 5.92 Å². The van der Waals surface area contributed by atoms with Crippen molar-refractivity contribution in [1.29, 1.82) is 0 Å². The zero-order valence-corrected chi connectivity index (χ0v) is 16.5. The van der Waals surface area contributed by atoms with Crippen molar-refractivity contribution in [3.63, 3.8) is 0 Å². The molecule has 2 aromatic carbocycles. The van der Waals surface area contributed by atoms with Crippen LogP contribution < -0.4 is 10.1 Å². The Morgan fingerprint density at radius 1 is 1.07 bits per heavy atom. The van der Waals surface area contributed by atoms with Gasteiger partial charge < -0.3 is 15.0 Å². The van der Waals surface area contributed by atoms with E-state index in [0.29, 0.717) is 31.5 Å². The molecule has 1 N–H and O–H groups in total. The predicted octanol–water partition coefficient (Wildman–Crippen LogP) is 3.86. The van der Waals surface area contributed by atoms with Gasteiger partial charge in [0.25, 0.3) is 0 Å². The molecule has 0 aliphatic carbocycles. The van der Waals surface area contributed by atoms with Crippen LogP contribution >= 0.6 is 0 Å². The van der Waals surface area contributed by atoms with E-state index in [1.165, 1.54) is 6.07 Å². The molecule has 0 atom stereocenters. The van der Waals surface area contributed by atoms with Gasteiger partial charge in [-0.1, -0.05) is 48.5 Å². The Balaban J connectivity index is 1.46. The first-order chi connectivity index (χ1) is 14.5. The number of amides is 2. The van der Waals surface area contributed by atoms with Crippen LogP contribution in [0.3, 0.4) is 0 Å². The fourth-order valence-electron chi connectivity index (χ4n) is 3.39. The van der Waals surface area contributed by atoms with Gasteiger partial charge in [0.15, 0.2) is 0 Å². The van der Waals surface area contributed by atoms with E-state index >= 15 is 0 Å². The first-order valence-corrected chi connectivity index (χ1v) is 9.85. The minimum absolute atomic E-state index is 0.0541. The summed E-state index contributed by atoms with van der Waals surface area (Å²) in [6.07, 6.45) is 4.45. The summed E-state index contributed by atoms with van der Waals surface area (Å²) in [7, 11) is 0. The van der Waals surface area contributed by atoms with Crippen LogP contribution in [0.1, 0.15) is 24.0 Å². The Labute approximate surface area is 174 Å². The molecule has 1 saturated heterocycles. The highest BCUT2D eigenvalue weighted by Crippen LogP contribution is 2.21. The van der Waals surface area contributed by atoms with Crippen LogP contribution in [0.15, 0.2) is 60.7 Å². The van der Waals surface area contributed by atoms with E-state index in [0.717, 1.165) is 5.56 Å². The second-order valence-corrected chi connectivity index (χ2v) is 7.05. The Hall–Kier alpha value is -3.22. The lowest BCUT2D eigenvalue weighted by Gasteiger charge is -2.30. The normalized spacial score (nSPS) is 14.8. The molecule has 1 fully saturated rings. The lowest BCUT2D eigenvalue weighted by atomic mass is 9.95. The third kappa shape index (κ3) is 6.14. The number of piperidine rings is 1. The molecule has 0 aromatic heterocycles. The van der Waals surface area contributed by atoms with Gasteiger partial charge in [-0.05, 0) is 30.5 Å². The summed E-state index contributed by atoms with van der Waals surface area (Å²) in [6.45, 7) is -1.80. The average Bonchev–Trinajstić information content (AvgIpc) is 2.77. The summed E-state index contributed by atoms with van der Waals surface area (Å²) in [5, 5.41) is 2.79. The van der Waals surface area contributed by atoms with Gasteiger partial charge in [-0.2, -0.15) is 8.78 Å². The number of ether oxygens (including phenoxy) is 1. The molecule has 0 spiro atoms. The number of carbonyl (C=O) groups is 2. The summed E-state index contributed by atoms with van der Waals surface area (Å²) >= 11 is 0. The van der Waals surface area contributed by atoms with Crippen molar-refractivity contribution >= 4 is 17.9 Å². The Morgan fingerprint density at radius 2 is 1.73 bits per heavy atom. The van der Waals surface area contributed by atoms with Crippen LogP contribution in [-0.2, 0) is 16.1 Å². The zero-order valence-electron chi connectivity index (χ0n) is 16.5. The molecule has 5 nitrogen and oxygen atoms in total. The van der Waals surface area contributed by atoms with Crippen LogP contribution in [0.25, 0.3) is 6.08 Å². The second kappa shape index (κ2) is 10.5. The number of alkyl halides is 2. The van der Waals surface area contributed by atoms with E-state index in [1.807, 2.05) is 30.3 Å². The predicted molar refractivity (Wildman–Crippen MR) is 110 cm³/mol. The van der Waals surface area contributed by atoms with Gasteiger partial charge >= 0.3 is 6.61 Å². The number of hydrogen-bond acceptors (Lipinski definition) is 3. The number of para-hydroxylation sites is 1. The summed E-state index contributed by atoms with van der Waals surface area (Å²) < 4.78 is 29.5. The molecular weight excluding hydrogens is 390 g/mol. The molecule has 158 valence electrons. The highest BCUT2D eigenvalue weighted by atomic mass is 19.3. The van der Waals surface area contributed by atoms with Gasteiger partial charge in [0, 0.05) is 37.2 Å². The lowest BCUT2D eigenvalue weighted by Crippen LogP contribution is -2.42. The van der Waals surface area contributed by atoms with Crippen LogP contribution in [-0.4, -0.2) is 36.4 Å². The minimum Gasteiger partial charge on any atom is -0.434 e. The molecule has 0 saturated carbocycles. The SMILES string of the molecule is O=C(NCc1ccccc1OC(F)F)C1CCN(C(=O)C=Cc2ccccc2)CC1. The lowest BCUT2D eigenvalue weighted by molar-refractivity contribution is -0.132. The molecule has 30 heavy (non-hydrogen) atoms. The summed E-state index contributed by atoms with van der Waals surface area (Å²) in [6, 6.07) is 16.0. The van der Waals surface area contributed by atoms with Gasteiger partial charge in [-0.15, -0.1) is 0 Å². The van der Waals surface area contributed by atoms with Gasteiger partial charge in [0.05, 0.1) is 0 Å². The topological polar surface area (TPSA) is 58.6 Å². The largest absolute Gasteiger partial charge is 0.434 e. The molecule has 7 heteroatoms. The first kappa shape index (κ1) is 21.5. The summed E-state index contributed by atoms with van der Waals surface area (Å²) in [5.74, 6) is -0.377. The second-order valence-electron chi connectivity index (χ2n) is 7.05. The number of nitrogens with zero attached hydrogens (tertiary/aromatic N) is 1. The number of hydrogen-bond donors (Lipinski definition) is 1. The number of rotatable bonds is 7. The van der Waals surface area contributed by atoms with Crippen molar-refractivity contribution in [3.8, 4) is 5.75 Å². The van der Waals surface area contributed by atoms with E-state index in [-0.39, 0.29) is 30.0 Å². The van der Waals surface area contributed by atoms with Crippen molar-refractivity contribution in [2.75, 3.05) is 13.1 Å². The highest BCUT2D eigenvalue weighted by Gasteiger charge is 2.26. The maximum Gasteiger partial charge on any atom is 0.387 e. The van der Waals surface area contributed by atoms with E-state index in [9.17, 15) is 18.4 Å². The van der Waals surface area contributed by atoms with Crippen LogP contribution in [0.2, 0.25) is 0 Å². The van der Waals surface area contributed by atoms with Crippen molar-refractivity contribution in [1.82, 2.24) is 10.2 Å². The van der Waals surface area contributed by atoms with E-state index in [4.69, 9.17) is 0 Å². The highest BCUT2D eigenvalue weighted by molar-refractivity contribution is 5.92. The van der Waals surface area contributed by atoms with Crippen molar-refractivity contribution in [3.05, 3.63) is 71.8 Å². The molecule has 0 radical (unpaired) electrons. The Bertz CT molecular complexity index is 879. The maximum atomic E-state index is 12.5. The molecule has 2 aromatic rings. The van der Waals surface area contributed by atoms with E-state index in [1.54, 1.807) is 35.3 Å². The first-order valence-electron chi connectivity index (χ1n) is 9.85. The van der Waals surface area contributed by atoms with Gasteiger partial charge in [0.2, 0.25) is 11.8 Å². The van der Waals surface area contributed by atoms with Gasteiger partial charge in [-0.3, -0.25) is 9.59 Å². The molecule has 0 bridgehead atoms. The fourth-order valence-corrected chi connectivity index (χ4v) is 3.39. The molecule has 2 amide bonds. The van der Waals surface area contributed by atoms with Crippen LogP contribution in [0.5, 0.6) is 5.75 Å². The van der Waals surface area contributed by atoms with E-state index in [2.05, 4.69) is 10.1 Å². The van der Waals surface area contributed by atoms with Crippen molar-refractivity contribution in [2.24, 2.45) is 5.92 Å². The maximum absolute atomic E-state index is 12.5. The third-order valence-electron chi connectivity index (χ3n) is 5.04. The fraction of sp³-hybridized carbons (Fsp3) is 0.304. The number of nitrogens with one attached hydrogen (secondary N) is 1. The smallest absolute Gasteiger partial charge is 0.387 e. The van der Waals surface area contributed by atoms with E-state index < -0.39 is 6.61 Å². The number of halogens is 2. The monoisotopic (exact) mass is 414 g/mol. The standard InChI is InChI=1S/C23H24F2N2O3/c24-23(25)30-20-9-5-4-8-19(20)16-26-22(29)18-12-14-27(15-13-18)21(28)11-10-17-6-2-1-3-7-17/h1-11,18,23H,12-16H2,(H,26,29). The van der Waals surface area contributed by atoms with Crippen molar-refractivity contribution < 1.29 is 23.1 Å². The zero-order chi connectivity index (χ0) is 21.3. The molecule has 1 heterocycles. The van der Waals surface area contributed by atoms with Crippen molar-refractivity contribution in [2.45, 2.75) is 26.0 Å². The Kier molecular flexibility index (Phi) is 7.54. The molecular formula is C23H24F2N2O3. The van der Waals surface area contributed by atoms with Gasteiger partial charge in [-0.25, -0.2) is 0 Å². The number of likely N-dealkylation sites (tertiary alicyclic amines) is 1. The quantitative estimate of drug-likeness (QED) is 0.700. The number of carbonyl (C=O) groups excluding carboxylic acids is 2. The Morgan fingerprint density at radius 3 is 2.43 bits per heavy atom. The van der Waals surface area contributed by atoms with Gasteiger partial charge in [0.1, 0.15) is 5.75 Å². The molecule has 1 aliphatic heterocycles. The average molecular weight is 414 g/mol.